The van der Waals surface area contributed by atoms with Crippen LogP contribution in [0.1, 0.15) is 35.0 Å². The molecule has 0 spiro atoms. The summed E-state index contributed by atoms with van der Waals surface area (Å²) in [6, 6.07) is 14.4. The molecule has 1 aliphatic rings. The van der Waals surface area contributed by atoms with Crippen molar-refractivity contribution in [3.63, 3.8) is 0 Å². The Balaban J connectivity index is 1.81. The highest BCUT2D eigenvalue weighted by Crippen LogP contribution is 2.44. The van der Waals surface area contributed by atoms with Gasteiger partial charge in [-0.2, -0.15) is 0 Å². The Morgan fingerprint density at radius 2 is 1.49 bits per heavy atom. The van der Waals surface area contributed by atoms with Gasteiger partial charge in [0.15, 0.2) is 25.0 Å². The van der Waals surface area contributed by atoms with Gasteiger partial charge in [-0.25, -0.2) is 4.98 Å². The molecule has 3 aromatic rings. The van der Waals surface area contributed by atoms with E-state index in [1.54, 1.807) is 11.3 Å². The van der Waals surface area contributed by atoms with Gasteiger partial charge in [-0.05, 0) is 102 Å². The van der Waals surface area contributed by atoms with Gasteiger partial charge < -0.3 is 23.1 Å². The third-order valence-corrected chi connectivity index (χ3v) is 11.0. The topological polar surface area (TPSA) is 70.0 Å². The number of hydrogen-bond donors (Lipinski definition) is 1. The van der Waals surface area contributed by atoms with Crippen LogP contribution >= 0.6 is 11.3 Å². The number of hydrogen-bond acceptors (Lipinski definition) is 7. The molecule has 2 aromatic carbocycles. The second-order valence-corrected chi connectivity index (χ2v) is 28.7. The molecule has 0 bridgehead atoms. The lowest BCUT2D eigenvalue weighted by Gasteiger charge is -2.54. The summed E-state index contributed by atoms with van der Waals surface area (Å²) in [5, 5.41) is 13.7. The van der Waals surface area contributed by atoms with E-state index < -0.39 is 42.9 Å². The van der Waals surface area contributed by atoms with Crippen molar-refractivity contribution in [1.82, 2.24) is 4.98 Å². The first-order chi connectivity index (χ1) is 18.9. The molecule has 1 N–H and O–H groups in total. The standard InChI is InChI=1S/C31H49NO5SSi3/c1-12-25-28(35-39(3,4)5)29(36-40(6,7)8)30(37-41(9,10)11)31(33,34-25)23-18-17-21(2)22(19-23)20-27-32-24-15-13-14-16-26(24)38-27/h13-19,25,28-30,33H,12,20H2,1-11H3/t25-,28-,29+,30-,31?/m1/s1. The van der Waals surface area contributed by atoms with E-state index in [1.165, 1.54) is 4.70 Å². The molecular formula is C31H49NO5SSi3. The van der Waals surface area contributed by atoms with Crippen LogP contribution in [-0.4, -0.2) is 59.5 Å². The molecule has 1 aliphatic heterocycles. The molecule has 0 radical (unpaired) electrons. The van der Waals surface area contributed by atoms with Gasteiger partial charge in [-0.15, -0.1) is 11.3 Å². The van der Waals surface area contributed by atoms with E-state index in [1.807, 2.05) is 18.2 Å². The minimum absolute atomic E-state index is 0.326. The van der Waals surface area contributed by atoms with Gasteiger partial charge in [0.05, 0.1) is 27.4 Å². The lowest BCUT2D eigenvalue weighted by atomic mass is 9.86. The number of nitrogens with zero attached hydrogens (tertiary/aromatic N) is 1. The molecule has 1 unspecified atom stereocenters. The summed E-state index contributed by atoms with van der Waals surface area (Å²) in [5.74, 6) is -1.69. The number of aryl methyl sites for hydroxylation is 1. The van der Waals surface area contributed by atoms with E-state index in [2.05, 4.69) is 97.0 Å². The van der Waals surface area contributed by atoms with E-state index in [9.17, 15) is 5.11 Å². The number of thiazole rings is 1. The molecule has 2 heterocycles. The first-order valence-corrected chi connectivity index (χ1v) is 25.8. The highest BCUT2D eigenvalue weighted by molar-refractivity contribution is 7.18. The fourth-order valence-corrected chi connectivity index (χ4v) is 9.60. The van der Waals surface area contributed by atoms with Crippen LogP contribution in [0.5, 0.6) is 0 Å². The molecule has 1 saturated heterocycles. The Kier molecular flexibility index (Phi) is 9.61. The quantitative estimate of drug-likeness (QED) is 0.230. The van der Waals surface area contributed by atoms with E-state index >= 15 is 0 Å². The zero-order valence-electron chi connectivity index (χ0n) is 26.7. The first-order valence-electron chi connectivity index (χ1n) is 14.8. The van der Waals surface area contributed by atoms with Crippen LogP contribution in [0, 0.1) is 6.92 Å². The van der Waals surface area contributed by atoms with Crippen molar-refractivity contribution in [1.29, 1.82) is 0 Å². The normalized spacial score (nSPS) is 26.0. The minimum atomic E-state index is -2.17. The molecule has 4 rings (SSSR count). The first kappa shape index (κ1) is 32.7. The van der Waals surface area contributed by atoms with Gasteiger partial charge in [0.1, 0.15) is 12.2 Å². The van der Waals surface area contributed by atoms with Crippen LogP contribution in [0.25, 0.3) is 10.2 Å². The van der Waals surface area contributed by atoms with Gasteiger partial charge in [0.2, 0.25) is 5.79 Å². The molecule has 226 valence electrons. The SMILES string of the molecule is CC[C@H]1OC(O)(c2ccc(C)c(Cc3nc4ccccc4s3)c2)[C@H](O[Si](C)(C)C)[C@@H](O[Si](C)(C)C)[C@@H]1O[Si](C)(C)C. The molecule has 10 heteroatoms. The average Bonchev–Trinajstić information content (AvgIpc) is 3.24. The Hall–Kier alpha value is -1.22. The van der Waals surface area contributed by atoms with Crippen LogP contribution in [-0.2, 0) is 30.2 Å². The third-order valence-electron chi connectivity index (χ3n) is 7.01. The van der Waals surface area contributed by atoms with Gasteiger partial charge in [-0.1, -0.05) is 31.2 Å². The predicted octanol–water partition coefficient (Wildman–Crippen LogP) is 7.81. The minimum Gasteiger partial charge on any atom is -0.409 e. The predicted molar refractivity (Wildman–Crippen MR) is 177 cm³/mol. The lowest BCUT2D eigenvalue weighted by Crippen LogP contribution is -2.68. The van der Waals surface area contributed by atoms with Crippen molar-refractivity contribution >= 4 is 46.5 Å². The molecule has 6 nitrogen and oxygen atoms in total. The molecule has 1 aromatic heterocycles. The van der Waals surface area contributed by atoms with Crippen LogP contribution in [0.2, 0.25) is 58.9 Å². The second-order valence-electron chi connectivity index (χ2n) is 14.2. The molecule has 1 fully saturated rings. The highest BCUT2D eigenvalue weighted by Gasteiger charge is 2.58. The second kappa shape index (κ2) is 12.0. The average molecular weight is 632 g/mol. The van der Waals surface area contributed by atoms with Crippen LogP contribution in [0.15, 0.2) is 42.5 Å². The number of ether oxygens (including phenoxy) is 1. The summed E-state index contributed by atoms with van der Waals surface area (Å²) in [7, 11) is -6.22. The summed E-state index contributed by atoms with van der Waals surface area (Å²) in [6.45, 7) is 23.7. The van der Waals surface area contributed by atoms with Crippen molar-refractivity contribution in [2.24, 2.45) is 0 Å². The Morgan fingerprint density at radius 3 is 2.07 bits per heavy atom. The van der Waals surface area contributed by atoms with Gasteiger partial charge in [-0.3, -0.25) is 0 Å². The maximum Gasteiger partial charge on any atom is 0.221 e. The van der Waals surface area contributed by atoms with E-state index in [4.69, 9.17) is 23.0 Å². The van der Waals surface area contributed by atoms with E-state index in [0.717, 1.165) is 21.7 Å². The van der Waals surface area contributed by atoms with Gasteiger partial charge in [0, 0.05) is 12.0 Å². The number of aromatic nitrogens is 1. The van der Waals surface area contributed by atoms with Crippen LogP contribution < -0.4 is 0 Å². The summed E-state index contributed by atoms with van der Waals surface area (Å²) in [5.41, 5.74) is 3.97. The van der Waals surface area contributed by atoms with Crippen molar-refractivity contribution in [2.45, 2.75) is 116 Å². The highest BCUT2D eigenvalue weighted by atomic mass is 32.1. The third kappa shape index (κ3) is 8.04. The number of aliphatic hydroxyl groups is 1. The van der Waals surface area contributed by atoms with Crippen molar-refractivity contribution in [3.8, 4) is 0 Å². The van der Waals surface area contributed by atoms with Gasteiger partial charge in [0.25, 0.3) is 0 Å². The maximum atomic E-state index is 12.7. The van der Waals surface area contributed by atoms with Crippen molar-refractivity contribution < 1.29 is 23.1 Å². The zero-order chi connectivity index (χ0) is 30.4. The summed E-state index contributed by atoms with van der Waals surface area (Å²) in [6.07, 6.45) is -0.494. The number of rotatable bonds is 10. The van der Waals surface area contributed by atoms with Gasteiger partial charge >= 0.3 is 0 Å². The Morgan fingerprint density at radius 1 is 0.878 bits per heavy atom. The lowest BCUT2D eigenvalue weighted by molar-refractivity contribution is -0.346. The van der Waals surface area contributed by atoms with E-state index in [-0.39, 0.29) is 12.2 Å². The fraction of sp³-hybridized carbons (Fsp3) is 0.581. The zero-order valence-corrected chi connectivity index (χ0v) is 30.5. The van der Waals surface area contributed by atoms with Crippen LogP contribution in [0.3, 0.4) is 0 Å². The largest absolute Gasteiger partial charge is 0.409 e. The molecule has 5 atom stereocenters. The number of benzene rings is 2. The molecule has 41 heavy (non-hydrogen) atoms. The Bertz CT molecular complexity index is 1310. The fourth-order valence-electron chi connectivity index (χ4n) is 5.38. The van der Waals surface area contributed by atoms with E-state index in [0.29, 0.717) is 18.4 Å². The maximum absolute atomic E-state index is 12.7. The Labute approximate surface area is 253 Å². The monoisotopic (exact) mass is 631 g/mol. The number of fused-ring (bicyclic) bond motifs is 1. The molecule has 0 aliphatic carbocycles. The summed E-state index contributed by atoms with van der Waals surface area (Å²) < 4.78 is 28.5. The molecule has 0 amide bonds. The number of para-hydroxylation sites is 1. The molecular weight excluding hydrogens is 583 g/mol. The smallest absolute Gasteiger partial charge is 0.221 e. The van der Waals surface area contributed by atoms with Crippen LogP contribution in [0.4, 0.5) is 0 Å². The summed E-state index contributed by atoms with van der Waals surface area (Å²) in [4.78, 5) is 4.87. The summed E-state index contributed by atoms with van der Waals surface area (Å²) >= 11 is 1.71. The molecule has 0 saturated carbocycles. The van der Waals surface area contributed by atoms with Crippen molar-refractivity contribution in [3.05, 3.63) is 64.2 Å². The van der Waals surface area contributed by atoms with Crippen molar-refractivity contribution in [2.75, 3.05) is 0 Å².